The largest absolute Gasteiger partial charge is 0.574 e. The molecule has 0 saturated carbocycles. The average molecular weight is 226 g/mol. The number of anilines is 1. The third-order valence-electron chi connectivity index (χ3n) is 1.50. The molecule has 0 aliphatic heterocycles. The van der Waals surface area contributed by atoms with E-state index in [-0.39, 0.29) is 5.56 Å². The van der Waals surface area contributed by atoms with Crippen LogP contribution in [0.5, 0.6) is 11.6 Å². The van der Waals surface area contributed by atoms with Crippen molar-refractivity contribution in [3.05, 3.63) is 11.8 Å². The first-order chi connectivity index (χ1) is 6.85. The number of nitrogen functional groups attached to an aromatic ring is 1. The quantitative estimate of drug-likeness (QED) is 0.753. The lowest BCUT2D eigenvalue weighted by Gasteiger charge is -2.11. The van der Waals surface area contributed by atoms with E-state index in [4.69, 9.17) is 10.8 Å². The summed E-state index contributed by atoms with van der Waals surface area (Å²) < 4.78 is 50.7. The van der Waals surface area contributed by atoms with E-state index in [0.29, 0.717) is 0 Å². The highest BCUT2D eigenvalue weighted by Crippen LogP contribution is 2.35. The summed E-state index contributed by atoms with van der Waals surface area (Å²) in [5.74, 6) is -2.13. The third-order valence-corrected chi connectivity index (χ3v) is 1.50. The van der Waals surface area contributed by atoms with Crippen molar-refractivity contribution in [2.75, 3.05) is 5.73 Å². The summed E-state index contributed by atoms with van der Waals surface area (Å²) in [5.41, 5.74) is 4.41. The summed E-state index contributed by atoms with van der Waals surface area (Å²) in [7, 11) is 0. The molecule has 3 N–H and O–H groups in total. The molecular formula is C7H6F4N2O2. The summed E-state index contributed by atoms with van der Waals surface area (Å²) in [4.78, 5) is 3.08. The molecule has 0 aromatic carbocycles. The lowest BCUT2D eigenvalue weighted by molar-refractivity contribution is -0.276. The molecule has 0 atom stereocenters. The van der Waals surface area contributed by atoms with Gasteiger partial charge in [0.15, 0.2) is 0 Å². The number of alkyl halides is 4. The number of hydrogen-bond donors (Lipinski definition) is 2. The predicted molar refractivity (Wildman–Crippen MR) is 41.8 cm³/mol. The lowest BCUT2D eigenvalue weighted by Crippen LogP contribution is -2.18. The zero-order valence-electron chi connectivity index (χ0n) is 7.18. The van der Waals surface area contributed by atoms with Crippen molar-refractivity contribution in [3.8, 4) is 11.6 Å². The Labute approximate surface area is 81.3 Å². The van der Waals surface area contributed by atoms with E-state index >= 15 is 0 Å². The Morgan fingerprint density at radius 1 is 1.47 bits per heavy atom. The molecule has 84 valence electrons. The fourth-order valence-corrected chi connectivity index (χ4v) is 0.825. The molecule has 0 radical (unpaired) electrons. The van der Waals surface area contributed by atoms with Gasteiger partial charge in [-0.1, -0.05) is 0 Å². The Balaban J connectivity index is 3.07. The molecule has 0 aliphatic carbocycles. The molecule has 1 aromatic rings. The van der Waals surface area contributed by atoms with Crippen LogP contribution in [0, 0.1) is 0 Å². The van der Waals surface area contributed by atoms with E-state index in [1.54, 1.807) is 0 Å². The molecule has 1 aromatic heterocycles. The summed E-state index contributed by atoms with van der Waals surface area (Å²) in [6.07, 6.45) is -4.23. The number of rotatable bonds is 2. The van der Waals surface area contributed by atoms with Crippen LogP contribution in [-0.4, -0.2) is 16.5 Å². The summed E-state index contributed by atoms with van der Waals surface area (Å²) in [5, 5.41) is 9.09. The second-order valence-electron chi connectivity index (χ2n) is 2.53. The molecule has 0 amide bonds. The first-order valence-corrected chi connectivity index (χ1v) is 3.63. The molecule has 8 heteroatoms. The van der Waals surface area contributed by atoms with E-state index in [2.05, 4.69) is 9.72 Å². The summed E-state index contributed by atoms with van der Waals surface area (Å²) in [6, 6.07) is 0. The van der Waals surface area contributed by atoms with Crippen LogP contribution in [-0.2, 0) is 6.67 Å². The van der Waals surface area contributed by atoms with Crippen LogP contribution in [0.4, 0.5) is 23.2 Å². The zero-order valence-corrected chi connectivity index (χ0v) is 7.18. The zero-order chi connectivity index (χ0) is 11.6. The highest BCUT2D eigenvalue weighted by molar-refractivity contribution is 5.61. The van der Waals surface area contributed by atoms with E-state index in [1.165, 1.54) is 0 Å². The van der Waals surface area contributed by atoms with Gasteiger partial charge in [0.25, 0.3) is 5.88 Å². The van der Waals surface area contributed by atoms with Gasteiger partial charge in [0.1, 0.15) is 6.67 Å². The van der Waals surface area contributed by atoms with Crippen molar-refractivity contribution in [1.82, 2.24) is 4.98 Å². The van der Waals surface area contributed by atoms with Gasteiger partial charge in [0.05, 0.1) is 5.69 Å². The Hall–Kier alpha value is -1.73. The monoisotopic (exact) mass is 226 g/mol. The number of halogens is 4. The van der Waals surface area contributed by atoms with E-state index in [9.17, 15) is 17.6 Å². The molecule has 1 heterocycles. The molecule has 0 aliphatic rings. The number of hydrogen-bond acceptors (Lipinski definition) is 4. The Kier molecular flexibility index (Phi) is 2.87. The van der Waals surface area contributed by atoms with Crippen LogP contribution in [0.1, 0.15) is 5.56 Å². The van der Waals surface area contributed by atoms with Crippen LogP contribution in [0.15, 0.2) is 6.20 Å². The van der Waals surface area contributed by atoms with Crippen LogP contribution in [0.2, 0.25) is 0 Å². The number of aromatic nitrogens is 1. The van der Waals surface area contributed by atoms with Crippen LogP contribution in [0.3, 0.4) is 0 Å². The maximum absolute atomic E-state index is 12.1. The van der Waals surface area contributed by atoms with Crippen molar-refractivity contribution in [3.63, 3.8) is 0 Å². The van der Waals surface area contributed by atoms with Gasteiger partial charge in [0, 0.05) is 11.8 Å². The maximum atomic E-state index is 12.1. The van der Waals surface area contributed by atoms with Crippen molar-refractivity contribution in [2.45, 2.75) is 13.0 Å². The van der Waals surface area contributed by atoms with Gasteiger partial charge in [-0.05, 0) is 0 Å². The molecule has 1 rings (SSSR count). The minimum atomic E-state index is -4.99. The van der Waals surface area contributed by atoms with Gasteiger partial charge in [-0.2, -0.15) is 0 Å². The van der Waals surface area contributed by atoms with Crippen molar-refractivity contribution >= 4 is 5.69 Å². The number of nitrogens with zero attached hydrogens (tertiary/aromatic N) is 1. The fourth-order valence-electron chi connectivity index (χ4n) is 0.825. The Morgan fingerprint density at radius 2 is 2.07 bits per heavy atom. The van der Waals surface area contributed by atoms with Crippen LogP contribution < -0.4 is 10.5 Å². The summed E-state index contributed by atoms with van der Waals surface area (Å²) >= 11 is 0. The van der Waals surface area contributed by atoms with E-state index in [0.717, 1.165) is 6.20 Å². The minimum absolute atomic E-state index is 0.206. The molecule has 4 nitrogen and oxygen atoms in total. The van der Waals surface area contributed by atoms with Crippen LogP contribution >= 0.6 is 0 Å². The van der Waals surface area contributed by atoms with E-state index < -0.39 is 30.4 Å². The third kappa shape index (κ3) is 2.61. The first kappa shape index (κ1) is 11.3. The fraction of sp³-hybridized carbons (Fsp3) is 0.286. The van der Waals surface area contributed by atoms with Gasteiger partial charge in [-0.15, -0.1) is 13.2 Å². The van der Waals surface area contributed by atoms with E-state index in [1.807, 2.05) is 0 Å². The maximum Gasteiger partial charge on any atom is 0.574 e. The molecule has 0 unspecified atom stereocenters. The Morgan fingerprint density at radius 3 is 2.53 bits per heavy atom. The Bertz CT molecular complexity index is 367. The van der Waals surface area contributed by atoms with Crippen molar-refractivity contribution < 1.29 is 27.4 Å². The molecule has 0 spiro atoms. The predicted octanol–water partition coefficient (Wildman–Crippen LogP) is 1.74. The first-order valence-electron chi connectivity index (χ1n) is 3.63. The average Bonchev–Trinajstić information content (AvgIpc) is 2.11. The number of nitrogens with two attached hydrogens (primary N) is 1. The highest BCUT2D eigenvalue weighted by atomic mass is 19.4. The van der Waals surface area contributed by atoms with Gasteiger partial charge < -0.3 is 15.6 Å². The SMILES string of the molecule is Nc1c(CF)cnc(OC(F)(F)F)c1O. The highest BCUT2D eigenvalue weighted by Gasteiger charge is 2.33. The van der Waals surface area contributed by atoms with Gasteiger partial charge >= 0.3 is 6.36 Å². The second-order valence-corrected chi connectivity index (χ2v) is 2.53. The van der Waals surface area contributed by atoms with Crippen molar-refractivity contribution in [2.24, 2.45) is 0 Å². The van der Waals surface area contributed by atoms with Crippen molar-refractivity contribution in [1.29, 1.82) is 0 Å². The molecule has 15 heavy (non-hydrogen) atoms. The van der Waals surface area contributed by atoms with Gasteiger partial charge in [-0.3, -0.25) is 0 Å². The second kappa shape index (κ2) is 3.79. The van der Waals surface area contributed by atoms with Gasteiger partial charge in [0.2, 0.25) is 5.75 Å². The normalized spacial score (nSPS) is 11.5. The summed E-state index contributed by atoms with van der Waals surface area (Å²) in [6.45, 7) is -1.04. The standard InChI is InChI=1S/C7H6F4N2O2/c8-1-3-2-13-6(5(14)4(3)12)15-7(9,10)11/h2,14H,1H2,(H2,12,13). The number of pyridine rings is 1. The molecule has 0 bridgehead atoms. The smallest absolute Gasteiger partial charge is 0.502 e. The molecular weight excluding hydrogens is 220 g/mol. The number of aromatic hydroxyl groups is 1. The van der Waals surface area contributed by atoms with Crippen LogP contribution in [0.25, 0.3) is 0 Å². The number of ether oxygens (including phenoxy) is 1. The minimum Gasteiger partial charge on any atom is -0.502 e. The molecule has 0 fully saturated rings. The lowest BCUT2D eigenvalue weighted by atomic mass is 10.2. The topological polar surface area (TPSA) is 68.4 Å². The van der Waals surface area contributed by atoms with Gasteiger partial charge in [-0.25, -0.2) is 9.37 Å². The molecule has 0 saturated heterocycles.